The number of anilines is 1. The monoisotopic (exact) mass is 309 g/mol. The van der Waals surface area contributed by atoms with E-state index in [2.05, 4.69) is 10.3 Å². The summed E-state index contributed by atoms with van der Waals surface area (Å²) in [4.78, 5) is 15.9. The van der Waals surface area contributed by atoms with Crippen molar-refractivity contribution in [3.05, 3.63) is 42.0 Å². The minimum Gasteiger partial charge on any atom is -0.390 e. The lowest BCUT2D eigenvalue weighted by Gasteiger charge is -2.06. The first-order valence-electron chi connectivity index (χ1n) is 6.40. The minimum atomic E-state index is -0.383. The molecule has 0 unspecified atom stereocenters. The number of thioether (sulfide) groups is 1. The molecule has 0 aliphatic heterocycles. The zero-order valence-corrected chi connectivity index (χ0v) is 12.4. The van der Waals surface area contributed by atoms with Crippen LogP contribution < -0.4 is 5.32 Å². The third-order valence-electron chi connectivity index (χ3n) is 2.87. The molecule has 0 bridgehead atoms. The lowest BCUT2D eigenvalue weighted by Crippen LogP contribution is -2.12. The molecule has 0 fully saturated rings. The molecule has 1 amide bonds. The number of hydrogen-bond acceptors (Lipinski definition) is 4. The molecule has 2 N–H and O–H groups in total. The molecule has 0 atom stereocenters. The van der Waals surface area contributed by atoms with Crippen LogP contribution in [0.15, 0.2) is 35.6 Å². The van der Waals surface area contributed by atoms with Gasteiger partial charge in [0, 0.05) is 24.9 Å². The summed E-state index contributed by atoms with van der Waals surface area (Å²) in [6.45, 7) is -0.0654. The van der Waals surface area contributed by atoms with Crippen LogP contribution in [0.2, 0.25) is 0 Å². The predicted octanol–water partition coefficient (Wildman–Crippen LogP) is 2.17. The maximum atomic E-state index is 13.0. The molecule has 1 heterocycles. The molecule has 0 saturated heterocycles. The molecule has 2 rings (SSSR count). The standard InChI is InChI=1S/C14H16FN3O2S/c1-18-12(9-19)8-16-14(18)21-6-5-13(20)17-11-4-2-3-10(15)7-11/h2-4,7-8,19H,5-6,9H2,1H3,(H,17,20). The van der Waals surface area contributed by atoms with Crippen molar-refractivity contribution in [1.82, 2.24) is 9.55 Å². The first kappa shape index (κ1) is 15.5. The second-order valence-corrected chi connectivity index (χ2v) is 5.47. The van der Waals surface area contributed by atoms with Gasteiger partial charge in [-0.1, -0.05) is 17.8 Å². The van der Waals surface area contributed by atoms with Crippen molar-refractivity contribution in [3.63, 3.8) is 0 Å². The minimum absolute atomic E-state index is 0.0654. The van der Waals surface area contributed by atoms with Gasteiger partial charge in [-0.2, -0.15) is 0 Å². The van der Waals surface area contributed by atoms with Crippen molar-refractivity contribution in [3.8, 4) is 0 Å². The number of amides is 1. The zero-order valence-electron chi connectivity index (χ0n) is 11.5. The van der Waals surface area contributed by atoms with Crippen LogP contribution >= 0.6 is 11.8 Å². The molecule has 0 aliphatic rings. The predicted molar refractivity (Wildman–Crippen MR) is 79.5 cm³/mol. The third kappa shape index (κ3) is 4.30. The first-order chi connectivity index (χ1) is 10.1. The third-order valence-corrected chi connectivity index (χ3v) is 3.92. The molecular formula is C14H16FN3O2S. The van der Waals surface area contributed by atoms with Crippen molar-refractivity contribution >= 4 is 23.4 Å². The number of hydrogen-bond donors (Lipinski definition) is 2. The molecule has 1 aromatic heterocycles. The fraction of sp³-hybridized carbons (Fsp3) is 0.286. The van der Waals surface area contributed by atoms with Crippen LogP contribution in [-0.4, -0.2) is 26.3 Å². The van der Waals surface area contributed by atoms with Crippen LogP contribution in [-0.2, 0) is 18.4 Å². The van der Waals surface area contributed by atoms with Gasteiger partial charge in [-0.15, -0.1) is 0 Å². The number of rotatable bonds is 6. The van der Waals surface area contributed by atoms with Gasteiger partial charge in [0.1, 0.15) is 5.82 Å². The van der Waals surface area contributed by atoms with Gasteiger partial charge in [-0.3, -0.25) is 4.79 Å². The Bertz CT molecular complexity index is 630. The van der Waals surface area contributed by atoms with Crippen molar-refractivity contribution in [1.29, 1.82) is 0 Å². The van der Waals surface area contributed by atoms with E-state index in [1.54, 1.807) is 22.9 Å². The molecular weight excluding hydrogens is 293 g/mol. The summed E-state index contributed by atoms with van der Waals surface area (Å²) < 4.78 is 14.8. The molecule has 5 nitrogen and oxygen atoms in total. The molecule has 0 saturated carbocycles. The Kier molecular flexibility index (Phi) is 5.35. The van der Waals surface area contributed by atoms with E-state index in [1.807, 2.05) is 7.05 Å². The Morgan fingerprint density at radius 1 is 1.52 bits per heavy atom. The van der Waals surface area contributed by atoms with E-state index in [1.165, 1.54) is 23.9 Å². The highest BCUT2D eigenvalue weighted by Crippen LogP contribution is 2.18. The molecule has 0 radical (unpaired) electrons. The summed E-state index contributed by atoms with van der Waals surface area (Å²) in [6, 6.07) is 5.78. The van der Waals surface area contributed by atoms with E-state index in [-0.39, 0.29) is 18.3 Å². The molecule has 1 aromatic carbocycles. The zero-order chi connectivity index (χ0) is 15.2. The number of nitrogens with one attached hydrogen (secondary N) is 1. The molecule has 21 heavy (non-hydrogen) atoms. The van der Waals surface area contributed by atoms with E-state index in [9.17, 15) is 9.18 Å². The van der Waals surface area contributed by atoms with Crippen LogP contribution in [0.1, 0.15) is 12.1 Å². The summed E-state index contributed by atoms with van der Waals surface area (Å²) in [7, 11) is 1.81. The highest BCUT2D eigenvalue weighted by atomic mass is 32.2. The van der Waals surface area contributed by atoms with E-state index >= 15 is 0 Å². The Balaban J connectivity index is 1.80. The number of aliphatic hydroxyl groups is 1. The topological polar surface area (TPSA) is 67.1 Å². The summed E-state index contributed by atoms with van der Waals surface area (Å²) >= 11 is 1.43. The maximum Gasteiger partial charge on any atom is 0.225 e. The van der Waals surface area contributed by atoms with Crippen LogP contribution in [0, 0.1) is 5.82 Å². The number of carbonyl (C=O) groups excluding carboxylic acids is 1. The van der Waals surface area contributed by atoms with Gasteiger partial charge in [0.2, 0.25) is 5.91 Å². The number of carbonyl (C=O) groups is 1. The number of nitrogens with zero attached hydrogens (tertiary/aromatic N) is 2. The van der Waals surface area contributed by atoms with E-state index in [4.69, 9.17) is 5.11 Å². The SMILES string of the molecule is Cn1c(CO)cnc1SCCC(=O)Nc1cccc(F)c1. The lowest BCUT2D eigenvalue weighted by molar-refractivity contribution is -0.115. The van der Waals surface area contributed by atoms with Gasteiger partial charge < -0.3 is 15.0 Å². The van der Waals surface area contributed by atoms with Crippen molar-refractivity contribution in [2.45, 2.75) is 18.2 Å². The van der Waals surface area contributed by atoms with Crippen LogP contribution in [0.3, 0.4) is 0 Å². The van der Waals surface area contributed by atoms with Crippen LogP contribution in [0.25, 0.3) is 0 Å². The molecule has 112 valence electrons. The van der Waals surface area contributed by atoms with Crippen molar-refractivity contribution in [2.24, 2.45) is 7.05 Å². The summed E-state index contributed by atoms with van der Waals surface area (Å²) in [5.41, 5.74) is 1.17. The van der Waals surface area contributed by atoms with Gasteiger partial charge in [0.05, 0.1) is 18.5 Å². The number of aromatic nitrogens is 2. The van der Waals surface area contributed by atoms with E-state index in [0.717, 1.165) is 10.9 Å². The molecule has 0 spiro atoms. The van der Waals surface area contributed by atoms with Crippen molar-refractivity contribution < 1.29 is 14.3 Å². The average molecular weight is 309 g/mol. The quantitative estimate of drug-likeness (QED) is 0.803. The van der Waals surface area contributed by atoms with Gasteiger partial charge in [-0.05, 0) is 18.2 Å². The number of imidazole rings is 1. The maximum absolute atomic E-state index is 13.0. The smallest absolute Gasteiger partial charge is 0.225 e. The van der Waals surface area contributed by atoms with Gasteiger partial charge >= 0.3 is 0 Å². The van der Waals surface area contributed by atoms with E-state index < -0.39 is 0 Å². The normalized spacial score (nSPS) is 10.6. The second-order valence-electron chi connectivity index (χ2n) is 4.41. The number of aliphatic hydroxyl groups excluding tert-OH is 1. The molecule has 7 heteroatoms. The van der Waals surface area contributed by atoms with Gasteiger partial charge in [-0.25, -0.2) is 9.37 Å². The second kappa shape index (κ2) is 7.24. The van der Waals surface area contributed by atoms with Gasteiger partial charge in [0.25, 0.3) is 0 Å². The summed E-state index contributed by atoms with van der Waals surface area (Å²) in [5, 5.41) is 12.5. The lowest BCUT2D eigenvalue weighted by atomic mass is 10.3. The highest BCUT2D eigenvalue weighted by molar-refractivity contribution is 7.99. The van der Waals surface area contributed by atoms with Crippen molar-refractivity contribution in [2.75, 3.05) is 11.1 Å². The largest absolute Gasteiger partial charge is 0.390 e. The molecule has 2 aromatic rings. The number of benzene rings is 1. The average Bonchev–Trinajstić information content (AvgIpc) is 2.79. The molecule has 0 aliphatic carbocycles. The van der Waals surface area contributed by atoms with E-state index in [0.29, 0.717) is 17.9 Å². The first-order valence-corrected chi connectivity index (χ1v) is 7.38. The Hall–Kier alpha value is -1.86. The Morgan fingerprint density at radius 2 is 2.33 bits per heavy atom. The Morgan fingerprint density at radius 3 is 3.00 bits per heavy atom. The fourth-order valence-electron chi connectivity index (χ4n) is 1.73. The Labute approximate surface area is 126 Å². The van der Waals surface area contributed by atoms with Crippen LogP contribution in [0.5, 0.6) is 0 Å². The van der Waals surface area contributed by atoms with Crippen LogP contribution in [0.4, 0.5) is 10.1 Å². The highest BCUT2D eigenvalue weighted by Gasteiger charge is 2.08. The van der Waals surface area contributed by atoms with Gasteiger partial charge in [0.15, 0.2) is 5.16 Å². The fourth-order valence-corrected chi connectivity index (χ4v) is 2.64. The number of halogens is 1. The summed E-state index contributed by atoms with van der Waals surface area (Å²) in [6.07, 6.45) is 1.90. The summed E-state index contributed by atoms with van der Waals surface area (Å²) in [5.74, 6) is -0.00643.